The Bertz CT molecular complexity index is 1190. The van der Waals surface area contributed by atoms with Crippen LogP contribution in [0.2, 0.25) is 0 Å². The number of amides is 1. The second kappa shape index (κ2) is 7.81. The van der Waals surface area contributed by atoms with Gasteiger partial charge in [0.25, 0.3) is 5.91 Å². The molecule has 0 fully saturated rings. The van der Waals surface area contributed by atoms with Crippen LogP contribution in [0.15, 0.2) is 66.9 Å². The quantitative estimate of drug-likeness (QED) is 0.480. The molecule has 1 heterocycles. The van der Waals surface area contributed by atoms with Gasteiger partial charge in [0.05, 0.1) is 24.4 Å². The van der Waals surface area contributed by atoms with Crippen molar-refractivity contribution < 1.29 is 18.7 Å². The normalized spacial score (nSPS) is 12.1. The molecule has 7 heteroatoms. The molecule has 0 bridgehead atoms. The summed E-state index contributed by atoms with van der Waals surface area (Å²) in [4.78, 5) is 12.7. The van der Waals surface area contributed by atoms with Gasteiger partial charge in [-0.3, -0.25) is 9.89 Å². The highest BCUT2D eigenvalue weighted by atomic mass is 19.2. The van der Waals surface area contributed by atoms with E-state index < -0.39 is 30.2 Å². The Labute approximate surface area is 165 Å². The molecule has 1 aromatic heterocycles. The highest BCUT2D eigenvalue weighted by Gasteiger charge is 2.17. The second-order valence-corrected chi connectivity index (χ2v) is 6.64. The number of carbonyl (C=O) groups is 1. The predicted octanol–water partition coefficient (Wildman–Crippen LogP) is 3.97. The lowest BCUT2D eigenvalue weighted by Crippen LogP contribution is -2.30. The number of hydrogen-bond donors (Lipinski definition) is 3. The van der Waals surface area contributed by atoms with Crippen molar-refractivity contribution in [3.63, 3.8) is 0 Å². The molecule has 29 heavy (non-hydrogen) atoms. The van der Waals surface area contributed by atoms with E-state index in [9.17, 15) is 18.7 Å². The standard InChI is InChI=1S/C22H17F2N3O2/c23-18-6-4-15(10-19(18)24)21(12-28)26-22(29)16-3-1-2-13(8-16)14-5-7-20-17(9-14)11-25-27-20/h1-11,21,28H,12H2,(H,25,27)(H,26,29). The Kier molecular flexibility index (Phi) is 5.05. The van der Waals surface area contributed by atoms with Crippen LogP contribution in [0, 0.1) is 11.6 Å². The number of aromatic amines is 1. The number of aliphatic hydroxyl groups excluding tert-OH is 1. The topological polar surface area (TPSA) is 78.0 Å². The first-order valence-corrected chi connectivity index (χ1v) is 8.95. The first-order chi connectivity index (χ1) is 14.0. The summed E-state index contributed by atoms with van der Waals surface area (Å²) in [5.41, 5.74) is 3.35. The van der Waals surface area contributed by atoms with Gasteiger partial charge in [0.1, 0.15) is 0 Å². The van der Waals surface area contributed by atoms with E-state index in [2.05, 4.69) is 15.5 Å². The minimum atomic E-state index is -1.04. The molecular weight excluding hydrogens is 376 g/mol. The number of benzene rings is 3. The number of H-pyrrole nitrogens is 1. The van der Waals surface area contributed by atoms with Gasteiger partial charge in [0.2, 0.25) is 0 Å². The van der Waals surface area contributed by atoms with Crippen LogP contribution in [0.4, 0.5) is 8.78 Å². The van der Waals surface area contributed by atoms with Crippen molar-refractivity contribution in [1.82, 2.24) is 15.5 Å². The van der Waals surface area contributed by atoms with Crippen LogP contribution >= 0.6 is 0 Å². The van der Waals surface area contributed by atoms with E-state index in [1.54, 1.807) is 24.4 Å². The van der Waals surface area contributed by atoms with Crippen molar-refractivity contribution in [3.05, 3.63) is 89.6 Å². The van der Waals surface area contributed by atoms with Gasteiger partial charge in [0.15, 0.2) is 11.6 Å². The molecule has 0 spiro atoms. The molecule has 3 N–H and O–H groups in total. The number of carbonyl (C=O) groups excluding carboxylic acids is 1. The SMILES string of the molecule is O=C(NC(CO)c1ccc(F)c(F)c1)c1cccc(-c2ccc3[nH]ncc3c2)c1. The summed E-state index contributed by atoms with van der Waals surface area (Å²) in [5, 5.41) is 20.1. The Hall–Kier alpha value is -3.58. The van der Waals surface area contributed by atoms with Crippen molar-refractivity contribution >= 4 is 16.8 Å². The Balaban J connectivity index is 1.58. The summed E-state index contributed by atoms with van der Waals surface area (Å²) in [6, 6.07) is 15.2. The van der Waals surface area contributed by atoms with Crippen LogP contribution in [0.25, 0.3) is 22.0 Å². The predicted molar refractivity (Wildman–Crippen MR) is 105 cm³/mol. The molecule has 146 valence electrons. The van der Waals surface area contributed by atoms with Crippen LogP contribution in [0.5, 0.6) is 0 Å². The summed E-state index contributed by atoms with van der Waals surface area (Å²) in [5.74, 6) is -2.45. The molecule has 1 amide bonds. The van der Waals surface area contributed by atoms with E-state index in [1.807, 2.05) is 24.3 Å². The lowest BCUT2D eigenvalue weighted by Gasteiger charge is -2.17. The van der Waals surface area contributed by atoms with Gasteiger partial charge < -0.3 is 10.4 Å². The first-order valence-electron chi connectivity index (χ1n) is 8.95. The van der Waals surface area contributed by atoms with Gasteiger partial charge in [-0.1, -0.05) is 24.3 Å². The third kappa shape index (κ3) is 3.86. The number of halogens is 2. The van der Waals surface area contributed by atoms with Crippen LogP contribution in [-0.2, 0) is 0 Å². The minimum absolute atomic E-state index is 0.279. The maximum atomic E-state index is 13.5. The monoisotopic (exact) mass is 393 g/mol. The van der Waals surface area contributed by atoms with Gasteiger partial charge in [-0.05, 0) is 53.1 Å². The van der Waals surface area contributed by atoms with E-state index >= 15 is 0 Å². The van der Waals surface area contributed by atoms with E-state index in [0.717, 1.165) is 34.2 Å². The van der Waals surface area contributed by atoms with Crippen LogP contribution in [0.1, 0.15) is 22.0 Å². The van der Waals surface area contributed by atoms with E-state index in [1.165, 1.54) is 6.07 Å². The number of aliphatic hydroxyl groups is 1. The molecule has 5 nitrogen and oxygen atoms in total. The molecule has 0 saturated heterocycles. The first kappa shape index (κ1) is 18.8. The molecule has 0 aliphatic rings. The zero-order chi connectivity index (χ0) is 20.4. The Morgan fingerprint density at radius 2 is 1.86 bits per heavy atom. The number of nitrogens with one attached hydrogen (secondary N) is 2. The van der Waals surface area contributed by atoms with Gasteiger partial charge in [-0.2, -0.15) is 5.10 Å². The van der Waals surface area contributed by atoms with E-state index in [0.29, 0.717) is 5.56 Å². The second-order valence-electron chi connectivity index (χ2n) is 6.64. The van der Waals surface area contributed by atoms with Crippen LogP contribution in [-0.4, -0.2) is 27.8 Å². The van der Waals surface area contributed by atoms with E-state index in [-0.39, 0.29) is 5.56 Å². The van der Waals surface area contributed by atoms with Crippen molar-refractivity contribution in [2.45, 2.75) is 6.04 Å². The van der Waals surface area contributed by atoms with E-state index in [4.69, 9.17) is 0 Å². The summed E-state index contributed by atoms with van der Waals surface area (Å²) in [6.07, 6.45) is 1.73. The summed E-state index contributed by atoms with van der Waals surface area (Å²) < 4.78 is 26.6. The average Bonchev–Trinajstić information content (AvgIpc) is 3.22. The number of hydrogen-bond acceptors (Lipinski definition) is 3. The summed E-state index contributed by atoms with van der Waals surface area (Å²) >= 11 is 0. The largest absolute Gasteiger partial charge is 0.394 e. The van der Waals surface area contributed by atoms with Crippen LogP contribution < -0.4 is 5.32 Å². The minimum Gasteiger partial charge on any atom is -0.394 e. The smallest absolute Gasteiger partial charge is 0.251 e. The lowest BCUT2D eigenvalue weighted by molar-refractivity contribution is 0.0916. The Morgan fingerprint density at radius 1 is 1.03 bits per heavy atom. The van der Waals surface area contributed by atoms with Gasteiger partial charge in [-0.15, -0.1) is 0 Å². The molecule has 0 radical (unpaired) electrons. The number of aromatic nitrogens is 2. The molecule has 0 aliphatic carbocycles. The maximum Gasteiger partial charge on any atom is 0.251 e. The van der Waals surface area contributed by atoms with Crippen molar-refractivity contribution in [1.29, 1.82) is 0 Å². The average molecular weight is 393 g/mol. The zero-order valence-corrected chi connectivity index (χ0v) is 15.2. The fourth-order valence-corrected chi connectivity index (χ4v) is 3.17. The van der Waals surface area contributed by atoms with Crippen molar-refractivity contribution in [2.75, 3.05) is 6.61 Å². The summed E-state index contributed by atoms with van der Waals surface area (Å²) in [6.45, 7) is -0.451. The molecule has 3 aromatic carbocycles. The number of nitrogens with zero attached hydrogens (tertiary/aromatic N) is 1. The Morgan fingerprint density at radius 3 is 2.66 bits per heavy atom. The number of rotatable bonds is 5. The fourth-order valence-electron chi connectivity index (χ4n) is 3.17. The fraction of sp³-hybridized carbons (Fsp3) is 0.0909. The van der Waals surface area contributed by atoms with Gasteiger partial charge >= 0.3 is 0 Å². The molecular formula is C22H17F2N3O2. The third-order valence-corrected chi connectivity index (χ3v) is 4.73. The molecule has 4 rings (SSSR count). The molecule has 1 unspecified atom stereocenters. The molecule has 4 aromatic rings. The third-order valence-electron chi connectivity index (χ3n) is 4.73. The zero-order valence-electron chi connectivity index (χ0n) is 15.2. The highest BCUT2D eigenvalue weighted by Crippen LogP contribution is 2.25. The van der Waals surface area contributed by atoms with Crippen molar-refractivity contribution in [2.24, 2.45) is 0 Å². The maximum absolute atomic E-state index is 13.5. The summed E-state index contributed by atoms with van der Waals surface area (Å²) in [7, 11) is 0. The van der Waals surface area contributed by atoms with Crippen molar-refractivity contribution in [3.8, 4) is 11.1 Å². The van der Waals surface area contributed by atoms with Gasteiger partial charge in [0, 0.05) is 10.9 Å². The highest BCUT2D eigenvalue weighted by molar-refractivity contribution is 5.96. The molecule has 0 saturated carbocycles. The lowest BCUT2D eigenvalue weighted by atomic mass is 10.0. The van der Waals surface area contributed by atoms with Crippen LogP contribution in [0.3, 0.4) is 0 Å². The van der Waals surface area contributed by atoms with Gasteiger partial charge in [-0.25, -0.2) is 8.78 Å². The molecule has 0 aliphatic heterocycles. The molecule has 1 atom stereocenters. The number of fused-ring (bicyclic) bond motifs is 1.